The summed E-state index contributed by atoms with van der Waals surface area (Å²) in [6, 6.07) is 7.20. The molecule has 17 heavy (non-hydrogen) atoms. The van der Waals surface area contributed by atoms with Crippen molar-refractivity contribution in [3.8, 4) is 10.4 Å². The topological polar surface area (TPSA) is 17.1 Å². The summed E-state index contributed by atoms with van der Waals surface area (Å²) in [6.07, 6.45) is 0.442. The third-order valence-electron chi connectivity index (χ3n) is 2.41. The highest BCUT2D eigenvalue weighted by Gasteiger charge is 2.10. The summed E-state index contributed by atoms with van der Waals surface area (Å²) in [5, 5.41) is 0. The van der Waals surface area contributed by atoms with Crippen LogP contribution in [0.25, 0.3) is 10.4 Å². The minimum Gasteiger partial charge on any atom is -0.293 e. The van der Waals surface area contributed by atoms with E-state index in [0.717, 1.165) is 17.0 Å². The first-order chi connectivity index (χ1) is 8.11. The molecule has 0 aliphatic heterocycles. The molecular weight excluding hydrogens is 242 g/mol. The number of thiophene rings is 1. The number of halogens is 2. The lowest BCUT2D eigenvalue weighted by Crippen LogP contribution is -1.90. The van der Waals surface area contributed by atoms with E-state index in [1.54, 1.807) is 19.1 Å². The molecule has 1 heterocycles. The third kappa shape index (κ3) is 2.42. The molecule has 0 saturated carbocycles. The molecule has 0 amide bonds. The highest BCUT2D eigenvalue weighted by atomic mass is 32.1. The Balaban J connectivity index is 2.37. The van der Waals surface area contributed by atoms with Crippen LogP contribution in [0.15, 0.2) is 30.3 Å². The highest BCUT2D eigenvalue weighted by molar-refractivity contribution is 7.17. The van der Waals surface area contributed by atoms with Gasteiger partial charge in [-0.3, -0.25) is 4.79 Å². The number of hydrogen-bond donors (Lipinski definition) is 0. The number of carbonyl (C=O) groups is 1. The van der Waals surface area contributed by atoms with E-state index >= 15 is 0 Å². The summed E-state index contributed by atoms with van der Waals surface area (Å²) in [5.74, 6) is -1.68. The molecule has 1 nitrogen and oxygen atoms in total. The van der Waals surface area contributed by atoms with Crippen LogP contribution in [0.2, 0.25) is 0 Å². The molecule has 0 fully saturated rings. The van der Waals surface area contributed by atoms with Gasteiger partial charge in [0.2, 0.25) is 0 Å². The summed E-state index contributed by atoms with van der Waals surface area (Å²) in [6.45, 7) is 1.79. The molecule has 0 atom stereocenters. The van der Waals surface area contributed by atoms with Crippen LogP contribution in [0.3, 0.4) is 0 Å². The van der Waals surface area contributed by atoms with Crippen molar-refractivity contribution < 1.29 is 13.6 Å². The Morgan fingerprint density at radius 3 is 2.59 bits per heavy atom. The van der Waals surface area contributed by atoms with Crippen molar-refractivity contribution in [2.45, 2.75) is 13.3 Å². The minimum absolute atomic E-state index is 0.0591. The molecular formula is C13H10F2OS. The lowest BCUT2D eigenvalue weighted by Gasteiger charge is -1.98. The zero-order chi connectivity index (χ0) is 12.4. The van der Waals surface area contributed by atoms with Crippen LogP contribution < -0.4 is 0 Å². The number of Topliss-reactive ketones (excluding diaryl/α,β-unsaturated/α-hetero) is 1. The fourth-order valence-electron chi connectivity index (χ4n) is 1.47. The van der Waals surface area contributed by atoms with E-state index in [-0.39, 0.29) is 5.78 Å². The van der Waals surface area contributed by atoms with Gasteiger partial charge in [-0.25, -0.2) is 8.78 Å². The molecule has 4 heteroatoms. The normalized spacial score (nSPS) is 10.5. The Hall–Kier alpha value is -1.55. The van der Waals surface area contributed by atoms with Crippen LogP contribution in [0, 0.1) is 11.6 Å². The quantitative estimate of drug-likeness (QED) is 0.745. The predicted octanol–water partition coefficient (Wildman–Crippen LogP) is 4.29. The van der Waals surface area contributed by atoms with Crippen molar-refractivity contribution >= 4 is 17.1 Å². The highest BCUT2D eigenvalue weighted by Crippen LogP contribution is 2.29. The average molecular weight is 252 g/mol. The SMILES string of the molecule is CCC(=O)c1ccc(-c2ccc(F)c(F)c2)s1. The molecule has 0 saturated heterocycles. The number of carbonyl (C=O) groups excluding carboxylic acids is 1. The first kappa shape index (κ1) is 11.9. The van der Waals surface area contributed by atoms with Crippen molar-refractivity contribution in [1.82, 2.24) is 0 Å². The zero-order valence-corrected chi connectivity index (χ0v) is 9.98. The Morgan fingerprint density at radius 2 is 1.94 bits per heavy atom. The minimum atomic E-state index is -0.876. The molecule has 2 aromatic rings. The van der Waals surface area contributed by atoms with Gasteiger partial charge in [-0.05, 0) is 29.8 Å². The monoisotopic (exact) mass is 252 g/mol. The molecule has 0 aliphatic rings. The molecule has 88 valence electrons. The molecule has 2 rings (SSSR count). The second-order valence-corrected chi connectivity index (χ2v) is 4.65. The van der Waals surface area contributed by atoms with Gasteiger partial charge in [-0.15, -0.1) is 11.3 Å². The van der Waals surface area contributed by atoms with Gasteiger partial charge >= 0.3 is 0 Å². The van der Waals surface area contributed by atoms with Crippen molar-refractivity contribution in [1.29, 1.82) is 0 Å². The largest absolute Gasteiger partial charge is 0.293 e. The maximum Gasteiger partial charge on any atom is 0.172 e. The molecule has 1 aromatic carbocycles. The lowest BCUT2D eigenvalue weighted by atomic mass is 10.2. The van der Waals surface area contributed by atoms with Crippen LogP contribution in [0.1, 0.15) is 23.0 Å². The molecule has 0 N–H and O–H groups in total. The summed E-state index contributed by atoms with van der Waals surface area (Å²) in [4.78, 5) is 12.9. The van der Waals surface area contributed by atoms with Crippen LogP contribution in [0.4, 0.5) is 8.78 Å². The Bertz CT molecular complexity index is 560. The standard InChI is InChI=1S/C13H10F2OS/c1-2-11(16)13-6-5-12(17-13)8-3-4-9(14)10(15)7-8/h3-7H,2H2,1H3. The fraction of sp³-hybridized carbons (Fsp3) is 0.154. The van der Waals surface area contributed by atoms with Gasteiger partial charge in [-0.2, -0.15) is 0 Å². The van der Waals surface area contributed by atoms with E-state index in [4.69, 9.17) is 0 Å². The smallest absolute Gasteiger partial charge is 0.172 e. The number of rotatable bonds is 3. The number of ketones is 1. The average Bonchev–Trinajstić information content (AvgIpc) is 2.81. The van der Waals surface area contributed by atoms with Crippen molar-refractivity contribution in [3.63, 3.8) is 0 Å². The van der Waals surface area contributed by atoms with Gasteiger partial charge < -0.3 is 0 Å². The second kappa shape index (κ2) is 4.75. The molecule has 0 unspecified atom stereocenters. The summed E-state index contributed by atoms with van der Waals surface area (Å²) in [5.41, 5.74) is 0.587. The maximum atomic E-state index is 13.1. The van der Waals surface area contributed by atoms with Gasteiger partial charge in [0.1, 0.15) is 0 Å². The van der Waals surface area contributed by atoms with E-state index in [9.17, 15) is 13.6 Å². The molecule has 0 spiro atoms. The Kier molecular flexibility index (Phi) is 3.33. The van der Waals surface area contributed by atoms with Crippen molar-refractivity contribution in [2.24, 2.45) is 0 Å². The predicted molar refractivity (Wildman–Crippen MR) is 64.3 cm³/mol. The van der Waals surface area contributed by atoms with Gasteiger partial charge in [0.25, 0.3) is 0 Å². The van der Waals surface area contributed by atoms with Crippen LogP contribution in [-0.4, -0.2) is 5.78 Å². The van der Waals surface area contributed by atoms with Crippen LogP contribution in [-0.2, 0) is 0 Å². The molecule has 0 radical (unpaired) electrons. The fourth-order valence-corrected chi connectivity index (χ4v) is 2.48. The third-order valence-corrected chi connectivity index (χ3v) is 3.58. The molecule has 0 aliphatic carbocycles. The van der Waals surface area contributed by atoms with E-state index in [1.165, 1.54) is 17.4 Å². The van der Waals surface area contributed by atoms with E-state index in [2.05, 4.69) is 0 Å². The van der Waals surface area contributed by atoms with Crippen molar-refractivity contribution in [3.05, 3.63) is 46.8 Å². The van der Waals surface area contributed by atoms with E-state index in [1.807, 2.05) is 0 Å². The van der Waals surface area contributed by atoms with Gasteiger partial charge in [0.05, 0.1) is 4.88 Å². The lowest BCUT2D eigenvalue weighted by molar-refractivity contribution is 0.0992. The first-order valence-corrected chi connectivity index (χ1v) is 6.02. The van der Waals surface area contributed by atoms with Gasteiger partial charge in [0.15, 0.2) is 17.4 Å². The van der Waals surface area contributed by atoms with Gasteiger partial charge in [0, 0.05) is 11.3 Å². The maximum absolute atomic E-state index is 13.1. The summed E-state index contributed by atoms with van der Waals surface area (Å²) >= 11 is 1.29. The Morgan fingerprint density at radius 1 is 1.18 bits per heavy atom. The van der Waals surface area contributed by atoms with Gasteiger partial charge in [-0.1, -0.05) is 13.0 Å². The number of benzene rings is 1. The first-order valence-electron chi connectivity index (χ1n) is 5.20. The molecule has 0 bridgehead atoms. The number of hydrogen-bond acceptors (Lipinski definition) is 2. The van der Waals surface area contributed by atoms with E-state index < -0.39 is 11.6 Å². The van der Waals surface area contributed by atoms with Crippen LogP contribution in [0.5, 0.6) is 0 Å². The second-order valence-electron chi connectivity index (χ2n) is 3.57. The summed E-state index contributed by atoms with van der Waals surface area (Å²) < 4.78 is 25.8. The summed E-state index contributed by atoms with van der Waals surface area (Å²) in [7, 11) is 0. The van der Waals surface area contributed by atoms with Crippen molar-refractivity contribution in [2.75, 3.05) is 0 Å². The van der Waals surface area contributed by atoms with Crippen LogP contribution >= 0.6 is 11.3 Å². The Labute approximate surface area is 102 Å². The molecule has 1 aromatic heterocycles. The van der Waals surface area contributed by atoms with E-state index in [0.29, 0.717) is 16.9 Å². The zero-order valence-electron chi connectivity index (χ0n) is 9.17.